The number of nitrogens with zero attached hydrogens (tertiary/aromatic N) is 6. The molecule has 0 amide bonds. The molecule has 25 heavy (non-hydrogen) atoms. The van der Waals surface area contributed by atoms with Crippen molar-refractivity contribution in [1.29, 1.82) is 0 Å². The van der Waals surface area contributed by atoms with Gasteiger partial charge in [0.05, 0.1) is 44.3 Å². The summed E-state index contributed by atoms with van der Waals surface area (Å²) in [5.74, 6) is 0.951. The van der Waals surface area contributed by atoms with Crippen molar-refractivity contribution in [3.8, 4) is 0 Å². The monoisotopic (exact) mass is 344 g/mol. The van der Waals surface area contributed by atoms with Gasteiger partial charge < -0.3 is 14.4 Å². The molecular weight excluding hydrogens is 320 g/mol. The fraction of sp³-hybridized carbons (Fsp3) is 0.588. The zero-order valence-corrected chi connectivity index (χ0v) is 14.7. The zero-order chi connectivity index (χ0) is 17.2. The largest absolute Gasteiger partial charge is 0.383 e. The van der Waals surface area contributed by atoms with Crippen molar-refractivity contribution in [2.75, 3.05) is 40.0 Å². The summed E-state index contributed by atoms with van der Waals surface area (Å²) >= 11 is 0. The number of hydrogen-bond donors (Lipinski definition) is 0. The lowest BCUT2D eigenvalue weighted by Gasteiger charge is -2.34. The van der Waals surface area contributed by atoms with Crippen LogP contribution in [0.5, 0.6) is 0 Å². The van der Waals surface area contributed by atoms with Crippen LogP contribution >= 0.6 is 0 Å². The Bertz CT molecular complexity index is 704. The number of methoxy groups -OCH3 is 1. The Balaban J connectivity index is 1.55. The summed E-state index contributed by atoms with van der Waals surface area (Å²) in [6.07, 6.45) is 7.90. The fourth-order valence-corrected chi connectivity index (χ4v) is 3.53. The highest BCUT2D eigenvalue weighted by atomic mass is 16.5. The quantitative estimate of drug-likeness (QED) is 0.794. The number of ether oxygens (including phenoxy) is 2. The molecular formula is C17H24N6O2. The minimum absolute atomic E-state index is 0.0762. The summed E-state index contributed by atoms with van der Waals surface area (Å²) in [7, 11) is 1.70. The maximum atomic E-state index is 5.47. The number of fused-ring (bicyclic) bond motifs is 1. The van der Waals surface area contributed by atoms with E-state index in [4.69, 9.17) is 14.5 Å². The molecule has 1 fully saturated rings. The average molecular weight is 344 g/mol. The fourth-order valence-electron chi connectivity index (χ4n) is 3.53. The maximum absolute atomic E-state index is 5.47. The predicted octanol–water partition coefficient (Wildman–Crippen LogP) is 0.889. The van der Waals surface area contributed by atoms with Crippen LogP contribution in [0.3, 0.4) is 0 Å². The predicted molar refractivity (Wildman–Crippen MR) is 94.5 cm³/mol. The van der Waals surface area contributed by atoms with Gasteiger partial charge in [-0.25, -0.2) is 5.01 Å². The van der Waals surface area contributed by atoms with E-state index in [1.54, 1.807) is 7.11 Å². The molecule has 1 saturated heterocycles. The molecule has 2 unspecified atom stereocenters. The smallest absolute Gasteiger partial charge is 0.169 e. The molecule has 2 atom stereocenters. The van der Waals surface area contributed by atoms with Gasteiger partial charge in [0, 0.05) is 38.2 Å². The minimum atomic E-state index is 0.0762. The van der Waals surface area contributed by atoms with E-state index >= 15 is 0 Å². The van der Waals surface area contributed by atoms with E-state index in [1.807, 2.05) is 22.1 Å². The molecule has 3 aliphatic heterocycles. The number of allylic oxidation sites excluding steroid dienone is 1. The summed E-state index contributed by atoms with van der Waals surface area (Å²) in [5, 5.41) is 11.1. The van der Waals surface area contributed by atoms with Crippen LogP contribution in [0.2, 0.25) is 0 Å². The molecule has 1 aromatic heterocycles. The van der Waals surface area contributed by atoms with E-state index in [0.29, 0.717) is 6.61 Å². The van der Waals surface area contributed by atoms with Gasteiger partial charge in [-0.05, 0) is 13.0 Å². The Morgan fingerprint density at radius 1 is 1.32 bits per heavy atom. The number of amidine groups is 1. The van der Waals surface area contributed by atoms with Crippen LogP contribution in [0, 0.1) is 0 Å². The highest BCUT2D eigenvalue weighted by molar-refractivity contribution is 6.04. The Morgan fingerprint density at radius 2 is 2.16 bits per heavy atom. The molecule has 1 aromatic rings. The minimum Gasteiger partial charge on any atom is -0.383 e. The van der Waals surface area contributed by atoms with Crippen LogP contribution in [0.25, 0.3) is 0 Å². The number of hydrazone groups is 1. The van der Waals surface area contributed by atoms with Crippen molar-refractivity contribution >= 4 is 12.1 Å². The van der Waals surface area contributed by atoms with Gasteiger partial charge in [0.1, 0.15) is 6.04 Å². The molecule has 0 aromatic carbocycles. The van der Waals surface area contributed by atoms with Crippen LogP contribution in [0.1, 0.15) is 18.5 Å². The standard InChI is InChI=1S/C17H24N6O2/c1-13-16(14-11-19-22(12-14)7-8-24-2)23-17(20-13)15(3-4-18-23)21-5-9-25-10-6-21/h3-4,11-13,16H,5-10H2,1-2H3. The van der Waals surface area contributed by atoms with E-state index in [2.05, 4.69) is 34.3 Å². The molecule has 0 saturated carbocycles. The number of morpholine rings is 1. The third-order valence-electron chi connectivity index (χ3n) is 4.79. The molecule has 4 rings (SSSR count). The molecule has 8 nitrogen and oxygen atoms in total. The van der Waals surface area contributed by atoms with E-state index < -0.39 is 0 Å². The van der Waals surface area contributed by atoms with Crippen molar-refractivity contribution in [3.05, 3.63) is 29.7 Å². The molecule has 3 aliphatic rings. The normalized spacial score (nSPS) is 25.8. The SMILES string of the molecule is COCCn1cc(C2C(C)N=C3C(N4CCOCC4)=CC=NN32)cn1. The van der Waals surface area contributed by atoms with Gasteiger partial charge in [-0.2, -0.15) is 10.2 Å². The summed E-state index contributed by atoms with van der Waals surface area (Å²) < 4.78 is 12.5. The number of aliphatic imine (C=N–C) groups is 1. The Hall–Kier alpha value is -2.19. The van der Waals surface area contributed by atoms with Gasteiger partial charge in [0.15, 0.2) is 5.84 Å². The first-order valence-corrected chi connectivity index (χ1v) is 8.73. The lowest BCUT2D eigenvalue weighted by Crippen LogP contribution is -2.42. The average Bonchev–Trinajstić information content (AvgIpc) is 3.23. The van der Waals surface area contributed by atoms with Gasteiger partial charge in [-0.1, -0.05) is 0 Å². The van der Waals surface area contributed by atoms with Crippen LogP contribution in [0.4, 0.5) is 0 Å². The third kappa shape index (κ3) is 3.07. The molecule has 134 valence electrons. The topological polar surface area (TPSA) is 67.5 Å². The summed E-state index contributed by atoms with van der Waals surface area (Å²) in [5.41, 5.74) is 2.27. The molecule has 4 heterocycles. The summed E-state index contributed by atoms with van der Waals surface area (Å²) in [6, 6.07) is 0.196. The van der Waals surface area contributed by atoms with Crippen LogP contribution < -0.4 is 0 Å². The lowest BCUT2D eigenvalue weighted by molar-refractivity contribution is 0.0557. The van der Waals surface area contributed by atoms with Crippen LogP contribution in [-0.4, -0.2) is 77.8 Å². The number of hydrogen-bond acceptors (Lipinski definition) is 7. The van der Waals surface area contributed by atoms with Crippen molar-refractivity contribution in [1.82, 2.24) is 19.7 Å². The summed E-state index contributed by atoms with van der Waals surface area (Å²) in [6.45, 7) is 6.82. The van der Waals surface area contributed by atoms with Crippen molar-refractivity contribution in [2.45, 2.75) is 25.6 Å². The molecule has 0 radical (unpaired) electrons. The van der Waals surface area contributed by atoms with E-state index in [0.717, 1.165) is 49.9 Å². The van der Waals surface area contributed by atoms with Gasteiger partial charge in [0.2, 0.25) is 0 Å². The first-order chi connectivity index (χ1) is 12.3. The number of aromatic nitrogens is 2. The van der Waals surface area contributed by atoms with E-state index in [-0.39, 0.29) is 12.1 Å². The Kier molecular flexibility index (Phi) is 4.54. The second-order valence-corrected chi connectivity index (χ2v) is 6.43. The highest BCUT2D eigenvalue weighted by Crippen LogP contribution is 2.35. The Morgan fingerprint density at radius 3 is 2.96 bits per heavy atom. The van der Waals surface area contributed by atoms with E-state index in [9.17, 15) is 0 Å². The summed E-state index contributed by atoms with van der Waals surface area (Å²) in [4.78, 5) is 7.24. The molecule has 0 N–H and O–H groups in total. The van der Waals surface area contributed by atoms with Crippen LogP contribution in [0.15, 0.2) is 34.3 Å². The van der Waals surface area contributed by atoms with Gasteiger partial charge in [-0.3, -0.25) is 9.67 Å². The lowest BCUT2D eigenvalue weighted by atomic mass is 10.1. The molecule has 8 heteroatoms. The molecule has 0 spiro atoms. The van der Waals surface area contributed by atoms with Crippen molar-refractivity contribution in [3.63, 3.8) is 0 Å². The Labute approximate surface area is 147 Å². The van der Waals surface area contributed by atoms with Gasteiger partial charge in [0.25, 0.3) is 0 Å². The third-order valence-corrected chi connectivity index (χ3v) is 4.79. The van der Waals surface area contributed by atoms with Crippen molar-refractivity contribution in [2.24, 2.45) is 10.1 Å². The van der Waals surface area contributed by atoms with Gasteiger partial charge in [-0.15, -0.1) is 0 Å². The molecule has 0 bridgehead atoms. The number of rotatable bonds is 5. The van der Waals surface area contributed by atoms with E-state index in [1.165, 1.54) is 0 Å². The first kappa shape index (κ1) is 16.3. The van der Waals surface area contributed by atoms with Crippen molar-refractivity contribution < 1.29 is 9.47 Å². The van der Waals surface area contributed by atoms with Crippen LogP contribution in [-0.2, 0) is 16.0 Å². The van der Waals surface area contributed by atoms with Gasteiger partial charge >= 0.3 is 0 Å². The zero-order valence-electron chi connectivity index (χ0n) is 14.7. The second kappa shape index (κ2) is 6.97. The maximum Gasteiger partial charge on any atom is 0.169 e. The highest BCUT2D eigenvalue weighted by Gasteiger charge is 2.39. The molecule has 0 aliphatic carbocycles. The first-order valence-electron chi connectivity index (χ1n) is 8.73. The second-order valence-electron chi connectivity index (χ2n) is 6.43.